The molecular weight excluding hydrogens is 379 g/mol. The SMILES string of the molecule is Cc1n/c(=N\C(C)c2cccc(C(F)F)c2F)c2cc(/C=C/CN)ncc2n1C. The summed E-state index contributed by atoms with van der Waals surface area (Å²) in [6.07, 6.45) is 2.39. The van der Waals surface area contributed by atoms with Gasteiger partial charge in [0.2, 0.25) is 0 Å². The van der Waals surface area contributed by atoms with E-state index in [2.05, 4.69) is 15.0 Å². The van der Waals surface area contributed by atoms with E-state index in [1.807, 2.05) is 24.6 Å². The van der Waals surface area contributed by atoms with Crippen molar-refractivity contribution in [3.63, 3.8) is 0 Å². The molecule has 2 aromatic heterocycles. The number of nitrogens with zero attached hydrogens (tertiary/aromatic N) is 4. The van der Waals surface area contributed by atoms with E-state index in [1.165, 1.54) is 12.1 Å². The third-order valence-corrected chi connectivity index (χ3v) is 4.74. The van der Waals surface area contributed by atoms with E-state index in [0.717, 1.165) is 17.0 Å². The molecule has 0 aliphatic carbocycles. The average Bonchev–Trinajstić information content (AvgIpc) is 2.70. The smallest absolute Gasteiger partial charge is 0.266 e. The number of alkyl halides is 2. The van der Waals surface area contributed by atoms with Gasteiger partial charge in [-0.05, 0) is 26.0 Å². The Kier molecular flexibility index (Phi) is 6.12. The molecule has 3 rings (SSSR count). The Bertz CT molecular complexity index is 1140. The van der Waals surface area contributed by atoms with Gasteiger partial charge in [-0.3, -0.25) is 9.98 Å². The molecule has 0 amide bonds. The minimum atomic E-state index is -2.89. The molecule has 0 fully saturated rings. The standard InChI is InChI=1S/C21H22F3N5/c1-12(15-7-4-8-16(19(15)22)20(23)24)27-21-17-10-14(6-5-9-25)26-11-18(17)29(3)13(2)28-21/h4-8,10-12,20H,9,25H2,1-3H3/b6-5+,27-21-. The van der Waals surface area contributed by atoms with E-state index in [-0.39, 0.29) is 5.56 Å². The second kappa shape index (κ2) is 8.57. The van der Waals surface area contributed by atoms with Crippen molar-refractivity contribution in [2.75, 3.05) is 6.54 Å². The summed E-state index contributed by atoms with van der Waals surface area (Å²) in [7, 11) is 1.86. The zero-order valence-electron chi connectivity index (χ0n) is 16.4. The third kappa shape index (κ3) is 4.22. The third-order valence-electron chi connectivity index (χ3n) is 4.74. The lowest BCUT2D eigenvalue weighted by atomic mass is 10.0. The number of aryl methyl sites for hydroxylation is 2. The average molecular weight is 401 g/mol. The fraction of sp³-hybridized carbons (Fsp3) is 0.286. The van der Waals surface area contributed by atoms with E-state index in [4.69, 9.17) is 5.73 Å². The van der Waals surface area contributed by atoms with Gasteiger partial charge in [-0.15, -0.1) is 0 Å². The van der Waals surface area contributed by atoms with Gasteiger partial charge in [0.15, 0.2) is 5.49 Å². The summed E-state index contributed by atoms with van der Waals surface area (Å²) in [5.74, 6) is -0.244. The van der Waals surface area contributed by atoms with Crippen molar-refractivity contribution < 1.29 is 13.2 Å². The molecule has 0 spiro atoms. The molecule has 8 heteroatoms. The van der Waals surface area contributed by atoms with Gasteiger partial charge in [-0.25, -0.2) is 18.2 Å². The Hall–Kier alpha value is -3.00. The van der Waals surface area contributed by atoms with Crippen molar-refractivity contribution in [1.82, 2.24) is 14.5 Å². The van der Waals surface area contributed by atoms with E-state index < -0.39 is 23.8 Å². The highest BCUT2D eigenvalue weighted by Crippen LogP contribution is 2.28. The molecule has 0 bridgehead atoms. The predicted octanol–water partition coefficient (Wildman–Crippen LogP) is 3.99. The maximum absolute atomic E-state index is 14.5. The number of nitrogens with two attached hydrogens (primary N) is 1. The molecule has 0 aliphatic heterocycles. The molecule has 29 heavy (non-hydrogen) atoms. The molecule has 2 N–H and O–H groups in total. The second-order valence-corrected chi connectivity index (χ2v) is 6.66. The van der Waals surface area contributed by atoms with Gasteiger partial charge < -0.3 is 10.3 Å². The molecular formula is C21H22F3N5. The number of benzene rings is 1. The summed E-state index contributed by atoms with van der Waals surface area (Å²) < 4.78 is 42.5. The van der Waals surface area contributed by atoms with E-state index in [9.17, 15) is 13.2 Å². The Balaban J connectivity index is 2.20. The van der Waals surface area contributed by atoms with Gasteiger partial charge in [0.05, 0.1) is 29.0 Å². The van der Waals surface area contributed by atoms with E-state index in [1.54, 1.807) is 25.3 Å². The topological polar surface area (TPSA) is 69.1 Å². The van der Waals surface area contributed by atoms with Crippen LogP contribution in [0, 0.1) is 12.7 Å². The zero-order valence-corrected chi connectivity index (χ0v) is 16.4. The zero-order chi connectivity index (χ0) is 21.1. The first-order chi connectivity index (χ1) is 13.8. The van der Waals surface area contributed by atoms with Gasteiger partial charge in [-0.1, -0.05) is 24.3 Å². The van der Waals surface area contributed by atoms with Crippen LogP contribution in [-0.4, -0.2) is 21.1 Å². The van der Waals surface area contributed by atoms with Crippen LogP contribution < -0.4 is 11.2 Å². The Labute approximate surface area is 166 Å². The fourth-order valence-electron chi connectivity index (χ4n) is 3.06. The van der Waals surface area contributed by atoms with Gasteiger partial charge in [-0.2, -0.15) is 0 Å². The maximum atomic E-state index is 14.5. The first-order valence-electron chi connectivity index (χ1n) is 9.13. The van der Waals surface area contributed by atoms with Crippen LogP contribution >= 0.6 is 0 Å². The lowest BCUT2D eigenvalue weighted by molar-refractivity contribution is 0.146. The van der Waals surface area contributed by atoms with Crippen molar-refractivity contribution in [2.24, 2.45) is 17.8 Å². The van der Waals surface area contributed by atoms with Crippen LogP contribution in [0.4, 0.5) is 13.2 Å². The van der Waals surface area contributed by atoms with Gasteiger partial charge in [0, 0.05) is 24.5 Å². The maximum Gasteiger partial charge on any atom is 0.266 e. The molecule has 152 valence electrons. The fourth-order valence-corrected chi connectivity index (χ4v) is 3.06. The molecule has 5 nitrogen and oxygen atoms in total. The highest BCUT2D eigenvalue weighted by molar-refractivity contribution is 5.79. The van der Waals surface area contributed by atoms with Crippen molar-refractivity contribution in [2.45, 2.75) is 26.3 Å². The minimum absolute atomic E-state index is 0.0981. The van der Waals surface area contributed by atoms with Crippen LogP contribution in [0.25, 0.3) is 17.0 Å². The first kappa shape index (κ1) is 20.7. The molecule has 0 saturated carbocycles. The predicted molar refractivity (Wildman–Crippen MR) is 107 cm³/mol. The number of aromatic nitrogens is 3. The number of fused-ring (bicyclic) bond motifs is 1. The van der Waals surface area contributed by atoms with Gasteiger partial charge >= 0.3 is 0 Å². The Morgan fingerprint density at radius 3 is 2.69 bits per heavy atom. The largest absolute Gasteiger partial charge is 0.331 e. The normalized spacial score (nSPS) is 13.7. The summed E-state index contributed by atoms with van der Waals surface area (Å²) in [6, 6.07) is 5.08. The lowest BCUT2D eigenvalue weighted by Gasteiger charge is -2.13. The van der Waals surface area contributed by atoms with Crippen molar-refractivity contribution in [3.05, 3.63) is 70.5 Å². The highest BCUT2D eigenvalue weighted by atomic mass is 19.3. The number of hydrogen-bond acceptors (Lipinski definition) is 4. The van der Waals surface area contributed by atoms with Gasteiger partial charge in [0.25, 0.3) is 6.43 Å². The van der Waals surface area contributed by atoms with Crippen molar-refractivity contribution in [1.29, 1.82) is 0 Å². The summed E-state index contributed by atoms with van der Waals surface area (Å²) >= 11 is 0. The molecule has 1 aromatic carbocycles. The molecule has 0 aliphatic rings. The summed E-state index contributed by atoms with van der Waals surface area (Å²) in [6.45, 7) is 3.86. The van der Waals surface area contributed by atoms with Crippen LogP contribution in [0.15, 0.2) is 41.5 Å². The van der Waals surface area contributed by atoms with Crippen LogP contribution in [0.3, 0.4) is 0 Å². The van der Waals surface area contributed by atoms with Crippen molar-refractivity contribution in [3.8, 4) is 0 Å². The van der Waals surface area contributed by atoms with E-state index in [0.29, 0.717) is 23.6 Å². The van der Waals surface area contributed by atoms with Crippen LogP contribution in [0.5, 0.6) is 0 Å². The summed E-state index contributed by atoms with van der Waals surface area (Å²) in [5.41, 5.74) is 6.85. The first-order valence-corrected chi connectivity index (χ1v) is 9.13. The number of pyridine rings is 1. The molecule has 0 saturated heterocycles. The summed E-state index contributed by atoms with van der Waals surface area (Å²) in [5, 5.41) is 0.724. The highest BCUT2D eigenvalue weighted by Gasteiger charge is 2.19. The number of rotatable bonds is 5. The Morgan fingerprint density at radius 2 is 2.00 bits per heavy atom. The minimum Gasteiger partial charge on any atom is -0.331 e. The van der Waals surface area contributed by atoms with Crippen LogP contribution in [0.1, 0.15) is 42.0 Å². The van der Waals surface area contributed by atoms with E-state index >= 15 is 0 Å². The van der Waals surface area contributed by atoms with Gasteiger partial charge in [0.1, 0.15) is 11.6 Å². The number of hydrogen-bond donors (Lipinski definition) is 1. The second-order valence-electron chi connectivity index (χ2n) is 6.66. The Morgan fingerprint density at radius 1 is 1.28 bits per heavy atom. The summed E-state index contributed by atoms with van der Waals surface area (Å²) in [4.78, 5) is 13.5. The number of halogens is 3. The molecule has 0 radical (unpaired) electrons. The lowest BCUT2D eigenvalue weighted by Crippen LogP contribution is -2.18. The van der Waals surface area contributed by atoms with Crippen molar-refractivity contribution >= 4 is 17.0 Å². The monoisotopic (exact) mass is 401 g/mol. The molecule has 2 heterocycles. The van der Waals surface area contributed by atoms with Crippen LogP contribution in [0.2, 0.25) is 0 Å². The quantitative estimate of drug-likeness (QED) is 0.703. The molecule has 3 aromatic rings. The molecule has 1 unspecified atom stereocenters. The molecule has 1 atom stereocenters. The van der Waals surface area contributed by atoms with Crippen LogP contribution in [-0.2, 0) is 7.05 Å².